The Morgan fingerprint density at radius 2 is 1.49 bits per heavy atom. The van der Waals surface area contributed by atoms with E-state index in [1.807, 2.05) is 0 Å². The minimum absolute atomic E-state index is 0.164. The maximum absolute atomic E-state index is 12.1. The van der Waals surface area contributed by atoms with Gasteiger partial charge in [-0.25, -0.2) is 0 Å². The van der Waals surface area contributed by atoms with Crippen molar-refractivity contribution in [1.82, 2.24) is 10.9 Å². The van der Waals surface area contributed by atoms with Gasteiger partial charge in [0, 0.05) is 17.1 Å². The molecule has 3 N–H and O–H groups in total. The Labute approximate surface area is 227 Å². The molecule has 0 aromatic heterocycles. The topological polar surface area (TPSA) is 123 Å². The summed E-state index contributed by atoms with van der Waals surface area (Å²) in [5, 5.41) is 3.70. The molecule has 0 unspecified atom stereocenters. The molecule has 3 amide bonds. The molecule has 0 heterocycles. The van der Waals surface area contributed by atoms with Crippen molar-refractivity contribution < 1.29 is 28.7 Å². The first-order valence-electron chi connectivity index (χ1n) is 10.7. The molecule has 0 fully saturated rings. The number of esters is 1. The van der Waals surface area contributed by atoms with Crippen LogP contribution in [0.25, 0.3) is 0 Å². The van der Waals surface area contributed by atoms with E-state index >= 15 is 0 Å². The van der Waals surface area contributed by atoms with Gasteiger partial charge in [0.1, 0.15) is 11.5 Å². The molecule has 37 heavy (non-hydrogen) atoms. The molecule has 9 nitrogen and oxygen atoms in total. The normalized spacial score (nSPS) is 10.2. The van der Waals surface area contributed by atoms with Crippen LogP contribution < -0.4 is 20.9 Å². The molecule has 0 bridgehead atoms. The van der Waals surface area contributed by atoms with E-state index in [2.05, 4.69) is 16.2 Å². The van der Waals surface area contributed by atoms with Gasteiger partial charge in [-0.15, -0.1) is 0 Å². The lowest BCUT2D eigenvalue weighted by atomic mass is 10.2. The molecule has 0 saturated carbocycles. The molecule has 0 aliphatic carbocycles. The minimum atomic E-state index is -0.764. The highest BCUT2D eigenvalue weighted by Crippen LogP contribution is 2.32. The quantitative estimate of drug-likeness (QED) is 0.244. The van der Waals surface area contributed by atoms with Crippen molar-refractivity contribution in [2.24, 2.45) is 0 Å². The number of hydrazine groups is 1. The van der Waals surface area contributed by atoms with Gasteiger partial charge < -0.3 is 14.8 Å². The summed E-state index contributed by atoms with van der Waals surface area (Å²) in [6.07, 6.45) is -0.413. The van der Waals surface area contributed by atoms with Gasteiger partial charge in [-0.2, -0.15) is 0 Å². The zero-order valence-electron chi connectivity index (χ0n) is 19.1. The van der Waals surface area contributed by atoms with Gasteiger partial charge >= 0.3 is 5.97 Å². The monoisotopic (exact) mass is 563 g/mol. The highest BCUT2D eigenvalue weighted by atomic mass is 35.5. The van der Waals surface area contributed by atoms with Crippen LogP contribution in [0.4, 0.5) is 5.69 Å². The minimum Gasteiger partial charge on any atom is -0.456 e. The number of anilines is 1. The van der Waals surface area contributed by atoms with Crippen LogP contribution in [0.2, 0.25) is 15.1 Å². The van der Waals surface area contributed by atoms with Crippen molar-refractivity contribution >= 4 is 64.2 Å². The first kappa shape index (κ1) is 27.8. The van der Waals surface area contributed by atoms with Crippen LogP contribution in [0, 0.1) is 0 Å². The van der Waals surface area contributed by atoms with Gasteiger partial charge in [-0.05, 0) is 54.6 Å². The number of carbonyl (C=O) groups excluding carboxylic acids is 4. The Bertz CT molecular complexity index is 1300. The fourth-order valence-electron chi connectivity index (χ4n) is 2.82. The third kappa shape index (κ3) is 8.98. The summed E-state index contributed by atoms with van der Waals surface area (Å²) in [6.45, 7) is -0.637. The predicted molar refractivity (Wildman–Crippen MR) is 139 cm³/mol. The molecule has 12 heteroatoms. The molecule has 0 saturated heterocycles. The number of hydrogen-bond donors (Lipinski definition) is 3. The van der Waals surface area contributed by atoms with Crippen LogP contribution in [0.15, 0.2) is 66.7 Å². The standard InChI is InChI=1S/C25H20Cl3N3O6/c26-15-5-10-21(20(28)13-15)37-17-8-6-16(7-9-17)29-22(32)11-12-24(34)36-14-23(33)30-31-25(35)18-3-1-2-4-19(18)27/h1-10,13H,11-12,14H2,(H,29,32)(H,30,33)(H,31,35). The van der Waals surface area contributed by atoms with Crippen molar-refractivity contribution in [3.63, 3.8) is 0 Å². The largest absolute Gasteiger partial charge is 0.456 e. The van der Waals surface area contributed by atoms with Crippen LogP contribution in [-0.2, 0) is 19.1 Å². The lowest BCUT2D eigenvalue weighted by Gasteiger charge is -2.10. The molecular weight excluding hydrogens is 545 g/mol. The molecule has 0 radical (unpaired) electrons. The molecular formula is C25H20Cl3N3O6. The Hall–Kier alpha value is -3.79. The van der Waals surface area contributed by atoms with Crippen molar-refractivity contribution in [1.29, 1.82) is 0 Å². The van der Waals surface area contributed by atoms with E-state index in [0.29, 0.717) is 27.2 Å². The van der Waals surface area contributed by atoms with Crippen molar-refractivity contribution in [3.8, 4) is 11.5 Å². The van der Waals surface area contributed by atoms with Gasteiger partial charge in [-0.1, -0.05) is 46.9 Å². The predicted octanol–water partition coefficient (Wildman–Crippen LogP) is 5.16. The Morgan fingerprint density at radius 3 is 2.19 bits per heavy atom. The zero-order valence-corrected chi connectivity index (χ0v) is 21.3. The second kappa shape index (κ2) is 13.5. The van der Waals surface area contributed by atoms with E-state index in [1.54, 1.807) is 54.6 Å². The molecule has 0 spiro atoms. The van der Waals surface area contributed by atoms with E-state index in [4.69, 9.17) is 44.3 Å². The Balaban J connectivity index is 1.35. The van der Waals surface area contributed by atoms with Crippen LogP contribution >= 0.6 is 34.8 Å². The first-order chi connectivity index (χ1) is 17.7. The molecule has 3 rings (SSSR count). The fourth-order valence-corrected chi connectivity index (χ4v) is 3.49. The molecule has 3 aromatic carbocycles. The number of amides is 3. The Morgan fingerprint density at radius 1 is 0.757 bits per heavy atom. The molecule has 3 aromatic rings. The maximum Gasteiger partial charge on any atom is 0.306 e. The van der Waals surface area contributed by atoms with Gasteiger partial charge in [0.25, 0.3) is 11.8 Å². The molecule has 0 aliphatic heterocycles. The molecule has 0 atom stereocenters. The maximum atomic E-state index is 12.1. The first-order valence-corrected chi connectivity index (χ1v) is 11.9. The summed E-state index contributed by atoms with van der Waals surface area (Å²) >= 11 is 17.9. The highest BCUT2D eigenvalue weighted by Gasteiger charge is 2.13. The summed E-state index contributed by atoms with van der Waals surface area (Å²) in [7, 11) is 0. The second-order valence-electron chi connectivity index (χ2n) is 7.39. The average molecular weight is 565 g/mol. The number of ether oxygens (including phenoxy) is 2. The van der Waals surface area contributed by atoms with E-state index in [0.717, 1.165) is 0 Å². The summed E-state index contributed by atoms with van der Waals surface area (Å²) < 4.78 is 10.5. The number of benzene rings is 3. The lowest BCUT2D eigenvalue weighted by molar-refractivity contribution is -0.149. The second-order valence-corrected chi connectivity index (χ2v) is 8.64. The zero-order chi connectivity index (χ0) is 26.8. The van der Waals surface area contributed by atoms with Gasteiger partial charge in [0.15, 0.2) is 6.61 Å². The van der Waals surface area contributed by atoms with Crippen molar-refractivity contribution in [2.45, 2.75) is 12.8 Å². The summed E-state index contributed by atoms with van der Waals surface area (Å²) in [5.41, 5.74) is 4.93. The number of carbonyl (C=O) groups is 4. The summed E-state index contributed by atoms with van der Waals surface area (Å²) in [6, 6.07) is 17.6. The Kier molecular flexibility index (Phi) is 10.1. The average Bonchev–Trinajstić information content (AvgIpc) is 2.87. The SMILES string of the molecule is O=C(COC(=O)CCC(=O)Nc1ccc(Oc2ccc(Cl)cc2Cl)cc1)NNC(=O)c1ccccc1Cl. The number of halogens is 3. The van der Waals surface area contributed by atoms with Crippen LogP contribution in [0.1, 0.15) is 23.2 Å². The lowest BCUT2D eigenvalue weighted by Crippen LogP contribution is -2.43. The number of rotatable bonds is 9. The van der Waals surface area contributed by atoms with Gasteiger partial charge in [0.05, 0.1) is 22.0 Å². The summed E-state index contributed by atoms with van der Waals surface area (Å²) in [4.78, 5) is 47.7. The van der Waals surface area contributed by atoms with Crippen LogP contribution in [0.3, 0.4) is 0 Å². The number of hydrogen-bond acceptors (Lipinski definition) is 6. The van der Waals surface area contributed by atoms with Gasteiger partial charge in [-0.3, -0.25) is 30.0 Å². The van der Waals surface area contributed by atoms with E-state index in [1.165, 1.54) is 12.1 Å². The van der Waals surface area contributed by atoms with Crippen molar-refractivity contribution in [2.75, 3.05) is 11.9 Å². The highest BCUT2D eigenvalue weighted by molar-refractivity contribution is 6.35. The van der Waals surface area contributed by atoms with E-state index in [-0.39, 0.29) is 23.4 Å². The fraction of sp³-hybridized carbons (Fsp3) is 0.120. The number of nitrogens with one attached hydrogen (secondary N) is 3. The van der Waals surface area contributed by atoms with Gasteiger partial charge in [0.2, 0.25) is 5.91 Å². The third-order valence-electron chi connectivity index (χ3n) is 4.61. The van der Waals surface area contributed by atoms with E-state index in [9.17, 15) is 19.2 Å². The van der Waals surface area contributed by atoms with Crippen LogP contribution in [0.5, 0.6) is 11.5 Å². The van der Waals surface area contributed by atoms with E-state index < -0.39 is 30.3 Å². The molecule has 0 aliphatic rings. The summed E-state index contributed by atoms with van der Waals surface area (Å²) in [5.74, 6) is -1.66. The third-order valence-corrected chi connectivity index (χ3v) is 5.47. The van der Waals surface area contributed by atoms with Crippen LogP contribution in [-0.4, -0.2) is 30.3 Å². The van der Waals surface area contributed by atoms with Crippen molar-refractivity contribution in [3.05, 3.63) is 87.4 Å². The molecule has 192 valence electrons. The smallest absolute Gasteiger partial charge is 0.306 e.